The van der Waals surface area contributed by atoms with Gasteiger partial charge in [-0.3, -0.25) is 4.79 Å². The molecule has 1 heterocycles. The Hall–Kier alpha value is -1.82. The van der Waals surface area contributed by atoms with Gasteiger partial charge in [-0.1, -0.05) is 0 Å². The van der Waals surface area contributed by atoms with Crippen molar-refractivity contribution in [3.8, 4) is 5.75 Å². The maximum atomic E-state index is 13.7. The summed E-state index contributed by atoms with van der Waals surface area (Å²) in [6.45, 7) is 2.88. The van der Waals surface area contributed by atoms with Crippen molar-refractivity contribution in [2.24, 2.45) is 0 Å². The molecule has 0 saturated carbocycles. The number of alkyl halides is 1. The van der Waals surface area contributed by atoms with Crippen LogP contribution in [0.25, 0.3) is 11.0 Å². The number of nitrogens with one attached hydrogen (secondary N) is 1. The zero-order valence-electron chi connectivity index (χ0n) is 11.9. The summed E-state index contributed by atoms with van der Waals surface area (Å²) >= 11 is 5.88. The summed E-state index contributed by atoms with van der Waals surface area (Å²) in [7, 11) is 1.40. The zero-order valence-corrected chi connectivity index (χ0v) is 12.7. The van der Waals surface area contributed by atoms with Crippen LogP contribution in [0, 0.1) is 5.82 Å². The summed E-state index contributed by atoms with van der Waals surface area (Å²) in [6.07, 6.45) is 0.308. The van der Waals surface area contributed by atoms with Crippen LogP contribution in [0.15, 0.2) is 12.1 Å². The van der Waals surface area contributed by atoms with Crippen molar-refractivity contribution in [3.05, 3.63) is 23.8 Å². The Morgan fingerprint density at radius 3 is 2.90 bits per heavy atom. The molecule has 1 aromatic heterocycles. The molecular formula is C14H17ClFN3O2. The predicted octanol–water partition coefficient (Wildman–Crippen LogP) is 2.45. The van der Waals surface area contributed by atoms with Gasteiger partial charge < -0.3 is 14.6 Å². The number of hydrogen-bond donors (Lipinski definition) is 1. The van der Waals surface area contributed by atoms with Crippen LogP contribution in [-0.4, -0.2) is 29.1 Å². The molecule has 0 unspecified atom stereocenters. The van der Waals surface area contributed by atoms with Crippen molar-refractivity contribution in [2.45, 2.75) is 25.8 Å². The van der Waals surface area contributed by atoms with E-state index in [0.29, 0.717) is 36.4 Å². The SMILES string of the molecule is CCNC(=O)CCn1c(CCl)nc2cc(F)c(OC)cc21. The van der Waals surface area contributed by atoms with E-state index >= 15 is 0 Å². The highest BCUT2D eigenvalue weighted by molar-refractivity contribution is 6.16. The number of aryl methyl sites for hydroxylation is 1. The van der Waals surface area contributed by atoms with Crippen LogP contribution in [0.5, 0.6) is 5.75 Å². The molecule has 0 bridgehead atoms. The lowest BCUT2D eigenvalue weighted by molar-refractivity contribution is -0.121. The van der Waals surface area contributed by atoms with Gasteiger partial charge in [0.1, 0.15) is 5.82 Å². The monoisotopic (exact) mass is 313 g/mol. The molecule has 114 valence electrons. The molecule has 0 saturated heterocycles. The van der Waals surface area contributed by atoms with Gasteiger partial charge in [0.2, 0.25) is 5.91 Å². The van der Waals surface area contributed by atoms with Crippen LogP contribution in [0.3, 0.4) is 0 Å². The fraction of sp³-hybridized carbons (Fsp3) is 0.429. The number of carbonyl (C=O) groups is 1. The van der Waals surface area contributed by atoms with E-state index < -0.39 is 5.82 Å². The number of hydrogen-bond acceptors (Lipinski definition) is 3. The Labute approximate surface area is 127 Å². The first-order valence-electron chi connectivity index (χ1n) is 6.66. The van der Waals surface area contributed by atoms with Crippen LogP contribution in [0.4, 0.5) is 4.39 Å². The molecule has 2 aromatic rings. The fourth-order valence-electron chi connectivity index (χ4n) is 2.18. The second-order valence-corrected chi connectivity index (χ2v) is 4.76. The maximum Gasteiger partial charge on any atom is 0.221 e. The average Bonchev–Trinajstić information content (AvgIpc) is 2.81. The Bertz CT molecular complexity index is 657. The number of methoxy groups -OCH3 is 1. The van der Waals surface area contributed by atoms with Crippen molar-refractivity contribution in [3.63, 3.8) is 0 Å². The molecule has 2 rings (SSSR count). The highest BCUT2D eigenvalue weighted by Crippen LogP contribution is 2.26. The standard InChI is InChI=1S/C14H17ClFN3O2/c1-3-17-14(20)4-5-19-11-7-12(21-2)9(16)6-10(11)18-13(19)8-15/h6-7H,3-5,8H2,1-2H3,(H,17,20). The quantitative estimate of drug-likeness (QED) is 0.833. The van der Waals surface area contributed by atoms with Gasteiger partial charge in [-0.25, -0.2) is 9.37 Å². The smallest absolute Gasteiger partial charge is 0.221 e. The van der Waals surface area contributed by atoms with E-state index in [-0.39, 0.29) is 17.5 Å². The molecule has 5 nitrogen and oxygen atoms in total. The van der Waals surface area contributed by atoms with E-state index in [1.165, 1.54) is 13.2 Å². The van der Waals surface area contributed by atoms with Crippen molar-refractivity contribution in [2.75, 3.05) is 13.7 Å². The normalized spacial score (nSPS) is 10.9. The number of ether oxygens (including phenoxy) is 1. The molecule has 1 N–H and O–H groups in total. The van der Waals surface area contributed by atoms with E-state index in [2.05, 4.69) is 10.3 Å². The largest absolute Gasteiger partial charge is 0.494 e. The molecule has 0 radical (unpaired) electrons. The van der Waals surface area contributed by atoms with Gasteiger partial charge in [-0.05, 0) is 6.92 Å². The van der Waals surface area contributed by atoms with Crippen molar-refractivity contribution in [1.82, 2.24) is 14.9 Å². The summed E-state index contributed by atoms with van der Waals surface area (Å²) in [5.74, 6) is 0.411. The number of fused-ring (bicyclic) bond motifs is 1. The second kappa shape index (κ2) is 6.76. The third-order valence-corrected chi connectivity index (χ3v) is 3.40. The summed E-state index contributed by atoms with van der Waals surface area (Å²) in [6, 6.07) is 2.89. The number of amides is 1. The molecule has 1 amide bonds. The number of imidazole rings is 1. The molecule has 7 heteroatoms. The number of rotatable bonds is 6. The first-order valence-corrected chi connectivity index (χ1v) is 7.19. The van der Waals surface area contributed by atoms with Crippen molar-refractivity contribution in [1.29, 1.82) is 0 Å². The molecule has 0 aliphatic carbocycles. The number of aromatic nitrogens is 2. The minimum Gasteiger partial charge on any atom is -0.494 e. The lowest BCUT2D eigenvalue weighted by Gasteiger charge is -2.08. The Morgan fingerprint density at radius 2 is 2.29 bits per heavy atom. The maximum absolute atomic E-state index is 13.7. The Balaban J connectivity index is 2.37. The third-order valence-electron chi connectivity index (χ3n) is 3.16. The minimum atomic E-state index is -0.473. The van der Waals surface area contributed by atoms with Crippen molar-refractivity contribution >= 4 is 28.5 Å². The minimum absolute atomic E-state index is 0.0473. The topological polar surface area (TPSA) is 56.2 Å². The van der Waals surface area contributed by atoms with E-state index in [1.54, 1.807) is 6.07 Å². The molecular weight excluding hydrogens is 297 g/mol. The first kappa shape index (κ1) is 15.6. The summed E-state index contributed by atoms with van der Waals surface area (Å²) in [5, 5.41) is 2.73. The molecule has 0 fully saturated rings. The Kier molecular flexibility index (Phi) is 5.01. The lowest BCUT2D eigenvalue weighted by Crippen LogP contribution is -2.24. The Morgan fingerprint density at radius 1 is 1.52 bits per heavy atom. The molecule has 0 aliphatic heterocycles. The van der Waals surface area contributed by atoms with E-state index in [0.717, 1.165) is 0 Å². The average molecular weight is 314 g/mol. The van der Waals surface area contributed by atoms with Crippen LogP contribution in [-0.2, 0) is 17.2 Å². The number of halogens is 2. The molecule has 0 aliphatic rings. The van der Waals surface area contributed by atoms with Gasteiger partial charge >= 0.3 is 0 Å². The number of carbonyl (C=O) groups excluding carboxylic acids is 1. The summed E-state index contributed by atoms with van der Waals surface area (Å²) < 4.78 is 20.5. The van der Waals surface area contributed by atoms with Gasteiger partial charge in [0.15, 0.2) is 11.6 Å². The molecule has 0 atom stereocenters. The van der Waals surface area contributed by atoms with Crippen LogP contribution in [0.2, 0.25) is 0 Å². The molecule has 21 heavy (non-hydrogen) atoms. The summed E-state index contributed by atoms with van der Waals surface area (Å²) in [5.41, 5.74) is 1.20. The van der Waals surface area contributed by atoms with Crippen molar-refractivity contribution < 1.29 is 13.9 Å². The first-order chi connectivity index (χ1) is 10.1. The highest BCUT2D eigenvalue weighted by atomic mass is 35.5. The van der Waals surface area contributed by atoms with Crippen LogP contribution in [0.1, 0.15) is 19.2 Å². The van der Waals surface area contributed by atoms with Gasteiger partial charge in [0.05, 0.1) is 24.0 Å². The fourth-order valence-corrected chi connectivity index (χ4v) is 2.39. The van der Waals surface area contributed by atoms with Gasteiger partial charge in [-0.2, -0.15) is 0 Å². The van der Waals surface area contributed by atoms with Crippen LogP contribution >= 0.6 is 11.6 Å². The van der Waals surface area contributed by atoms with E-state index in [1.807, 2.05) is 11.5 Å². The third kappa shape index (κ3) is 3.26. The van der Waals surface area contributed by atoms with Gasteiger partial charge in [-0.15, -0.1) is 11.6 Å². The number of benzene rings is 1. The lowest BCUT2D eigenvalue weighted by atomic mass is 10.2. The van der Waals surface area contributed by atoms with Gasteiger partial charge in [0.25, 0.3) is 0 Å². The predicted molar refractivity (Wildman–Crippen MR) is 79.1 cm³/mol. The number of nitrogens with zero attached hydrogens (tertiary/aromatic N) is 2. The van der Waals surface area contributed by atoms with Gasteiger partial charge in [0, 0.05) is 31.6 Å². The summed E-state index contributed by atoms with van der Waals surface area (Å²) in [4.78, 5) is 15.9. The van der Waals surface area contributed by atoms with E-state index in [9.17, 15) is 9.18 Å². The molecule has 0 spiro atoms. The van der Waals surface area contributed by atoms with E-state index in [4.69, 9.17) is 16.3 Å². The second-order valence-electron chi connectivity index (χ2n) is 4.49. The highest BCUT2D eigenvalue weighted by Gasteiger charge is 2.15. The zero-order chi connectivity index (χ0) is 15.4. The van der Waals surface area contributed by atoms with Crippen LogP contribution < -0.4 is 10.1 Å². The molecule has 1 aromatic carbocycles.